The average Bonchev–Trinajstić information content (AvgIpc) is 2.83. The molecule has 9 heteroatoms. The predicted octanol–water partition coefficient (Wildman–Crippen LogP) is 2.47. The van der Waals surface area contributed by atoms with Gasteiger partial charge in [-0.1, -0.05) is 6.07 Å². The standard InChI is InChI=1S/C24H27N3O6/c1-16-11-24(29)27(22(26-16)15-33-19-8-6-18(30-2)7-9-19)14-23(28)25-13-17-5-10-20(31-3)21(12-17)32-4/h5-12H,13-15H2,1-4H3,(H,25,28). The smallest absolute Gasteiger partial charge is 0.254 e. The summed E-state index contributed by atoms with van der Waals surface area (Å²) in [5, 5.41) is 2.81. The lowest BCUT2D eigenvalue weighted by Gasteiger charge is -2.14. The Morgan fingerprint density at radius 3 is 2.30 bits per heavy atom. The molecule has 0 bridgehead atoms. The molecule has 33 heavy (non-hydrogen) atoms. The summed E-state index contributed by atoms with van der Waals surface area (Å²) in [4.78, 5) is 29.5. The van der Waals surface area contributed by atoms with Crippen molar-refractivity contribution in [3.05, 3.63) is 76.0 Å². The summed E-state index contributed by atoms with van der Waals surface area (Å²) in [6, 6.07) is 13.8. The van der Waals surface area contributed by atoms with E-state index in [4.69, 9.17) is 18.9 Å². The molecule has 0 aliphatic heterocycles. The van der Waals surface area contributed by atoms with Crippen LogP contribution >= 0.6 is 0 Å². The maximum absolute atomic E-state index is 12.6. The number of carbonyl (C=O) groups is 1. The van der Waals surface area contributed by atoms with Gasteiger partial charge in [-0.15, -0.1) is 0 Å². The number of rotatable bonds is 10. The Labute approximate surface area is 191 Å². The van der Waals surface area contributed by atoms with E-state index < -0.39 is 0 Å². The fourth-order valence-corrected chi connectivity index (χ4v) is 3.17. The van der Waals surface area contributed by atoms with Crippen LogP contribution in [0.4, 0.5) is 0 Å². The molecule has 9 nitrogen and oxygen atoms in total. The number of hydrogen-bond donors (Lipinski definition) is 1. The number of nitrogens with zero attached hydrogens (tertiary/aromatic N) is 2. The fraction of sp³-hybridized carbons (Fsp3) is 0.292. The van der Waals surface area contributed by atoms with Crippen LogP contribution in [0.2, 0.25) is 0 Å². The largest absolute Gasteiger partial charge is 0.497 e. The molecule has 0 saturated carbocycles. The van der Waals surface area contributed by atoms with Crippen LogP contribution in [0.5, 0.6) is 23.0 Å². The fourth-order valence-electron chi connectivity index (χ4n) is 3.17. The Hall–Kier alpha value is -4.01. The molecule has 0 aliphatic rings. The second-order valence-corrected chi connectivity index (χ2v) is 7.17. The van der Waals surface area contributed by atoms with Crippen LogP contribution in [-0.2, 0) is 24.5 Å². The predicted molar refractivity (Wildman–Crippen MR) is 122 cm³/mol. The maximum atomic E-state index is 12.6. The van der Waals surface area contributed by atoms with Crippen molar-refractivity contribution in [1.29, 1.82) is 0 Å². The van der Waals surface area contributed by atoms with Crippen LogP contribution in [0.15, 0.2) is 53.3 Å². The van der Waals surface area contributed by atoms with Gasteiger partial charge < -0.3 is 24.3 Å². The van der Waals surface area contributed by atoms with Gasteiger partial charge in [0, 0.05) is 18.3 Å². The lowest BCUT2D eigenvalue weighted by molar-refractivity contribution is -0.121. The first-order chi connectivity index (χ1) is 15.9. The van der Waals surface area contributed by atoms with Crippen LogP contribution in [0.25, 0.3) is 0 Å². The van der Waals surface area contributed by atoms with Gasteiger partial charge >= 0.3 is 0 Å². The van der Waals surface area contributed by atoms with E-state index in [9.17, 15) is 9.59 Å². The third-order valence-corrected chi connectivity index (χ3v) is 4.88. The van der Waals surface area contributed by atoms with Gasteiger partial charge in [-0.25, -0.2) is 4.98 Å². The molecule has 2 aromatic carbocycles. The first kappa shape index (κ1) is 23.6. The number of amides is 1. The third-order valence-electron chi connectivity index (χ3n) is 4.88. The number of benzene rings is 2. The Bertz CT molecular complexity index is 1160. The molecule has 3 aromatic rings. The van der Waals surface area contributed by atoms with E-state index in [0.29, 0.717) is 34.5 Å². The van der Waals surface area contributed by atoms with Gasteiger partial charge in [0.2, 0.25) is 5.91 Å². The molecule has 3 rings (SSSR count). The van der Waals surface area contributed by atoms with Crippen LogP contribution in [0.1, 0.15) is 17.1 Å². The minimum absolute atomic E-state index is 0.0339. The van der Waals surface area contributed by atoms with Crippen LogP contribution in [0, 0.1) is 6.92 Å². The monoisotopic (exact) mass is 453 g/mol. The molecular formula is C24H27N3O6. The second-order valence-electron chi connectivity index (χ2n) is 7.17. The van der Waals surface area contributed by atoms with E-state index in [1.807, 2.05) is 6.07 Å². The highest BCUT2D eigenvalue weighted by atomic mass is 16.5. The number of hydrogen-bond acceptors (Lipinski definition) is 7. The SMILES string of the molecule is COc1ccc(OCc2nc(C)cc(=O)n2CC(=O)NCc2ccc(OC)c(OC)c2)cc1. The van der Waals surface area contributed by atoms with Gasteiger partial charge in [0.15, 0.2) is 11.5 Å². The summed E-state index contributed by atoms with van der Waals surface area (Å²) in [5.41, 5.74) is 1.06. The summed E-state index contributed by atoms with van der Waals surface area (Å²) in [5.74, 6) is 2.50. The number of nitrogens with one attached hydrogen (secondary N) is 1. The van der Waals surface area contributed by atoms with Gasteiger partial charge in [-0.05, 0) is 48.9 Å². The summed E-state index contributed by atoms with van der Waals surface area (Å²) >= 11 is 0. The zero-order chi connectivity index (χ0) is 23.8. The second kappa shape index (κ2) is 11.0. The van der Waals surface area contributed by atoms with E-state index in [-0.39, 0.29) is 31.2 Å². The topological polar surface area (TPSA) is 101 Å². The molecular weight excluding hydrogens is 426 g/mol. The van der Waals surface area contributed by atoms with Crippen LogP contribution in [0.3, 0.4) is 0 Å². The van der Waals surface area contributed by atoms with Crippen molar-refractivity contribution in [2.45, 2.75) is 26.6 Å². The summed E-state index contributed by atoms with van der Waals surface area (Å²) in [7, 11) is 4.69. The van der Waals surface area contributed by atoms with E-state index in [2.05, 4.69) is 10.3 Å². The average molecular weight is 453 g/mol. The number of methoxy groups -OCH3 is 3. The molecule has 1 aromatic heterocycles. The zero-order valence-electron chi connectivity index (χ0n) is 19.1. The lowest BCUT2D eigenvalue weighted by Crippen LogP contribution is -2.34. The Balaban J connectivity index is 1.68. The molecule has 0 radical (unpaired) electrons. The molecule has 1 N–H and O–H groups in total. The molecule has 0 aliphatic carbocycles. The highest BCUT2D eigenvalue weighted by molar-refractivity contribution is 5.75. The highest BCUT2D eigenvalue weighted by Crippen LogP contribution is 2.27. The first-order valence-electron chi connectivity index (χ1n) is 10.2. The molecule has 1 heterocycles. The summed E-state index contributed by atoms with van der Waals surface area (Å²) in [6.45, 7) is 1.84. The maximum Gasteiger partial charge on any atom is 0.254 e. The van der Waals surface area contributed by atoms with Crippen molar-refractivity contribution in [3.8, 4) is 23.0 Å². The summed E-state index contributed by atoms with van der Waals surface area (Å²) in [6.07, 6.45) is 0. The molecule has 174 valence electrons. The number of carbonyl (C=O) groups excluding carboxylic acids is 1. The minimum Gasteiger partial charge on any atom is -0.497 e. The molecule has 0 unspecified atom stereocenters. The number of aryl methyl sites for hydroxylation is 1. The normalized spacial score (nSPS) is 10.4. The van der Waals surface area contributed by atoms with E-state index in [1.54, 1.807) is 64.7 Å². The van der Waals surface area contributed by atoms with Gasteiger partial charge in [0.1, 0.15) is 30.5 Å². The van der Waals surface area contributed by atoms with Crippen molar-refractivity contribution >= 4 is 5.91 Å². The van der Waals surface area contributed by atoms with Gasteiger partial charge in [0.25, 0.3) is 5.56 Å². The van der Waals surface area contributed by atoms with Crippen molar-refractivity contribution < 1.29 is 23.7 Å². The van der Waals surface area contributed by atoms with Crippen molar-refractivity contribution in [1.82, 2.24) is 14.9 Å². The van der Waals surface area contributed by atoms with Crippen molar-refractivity contribution in [2.75, 3.05) is 21.3 Å². The van der Waals surface area contributed by atoms with Crippen molar-refractivity contribution in [3.63, 3.8) is 0 Å². The van der Waals surface area contributed by atoms with Gasteiger partial charge in [-0.2, -0.15) is 0 Å². The van der Waals surface area contributed by atoms with Crippen molar-refractivity contribution in [2.24, 2.45) is 0 Å². The number of ether oxygens (including phenoxy) is 4. The summed E-state index contributed by atoms with van der Waals surface area (Å²) < 4.78 is 22.7. The number of aromatic nitrogens is 2. The zero-order valence-corrected chi connectivity index (χ0v) is 19.1. The third kappa shape index (κ3) is 6.25. The Morgan fingerprint density at radius 1 is 0.939 bits per heavy atom. The molecule has 0 saturated heterocycles. The lowest BCUT2D eigenvalue weighted by atomic mass is 10.2. The Morgan fingerprint density at radius 2 is 1.64 bits per heavy atom. The van der Waals surface area contributed by atoms with E-state index in [1.165, 1.54) is 10.6 Å². The molecule has 0 atom stereocenters. The van der Waals surface area contributed by atoms with Crippen LogP contribution < -0.4 is 29.8 Å². The van der Waals surface area contributed by atoms with Gasteiger partial charge in [0.05, 0.1) is 21.3 Å². The van der Waals surface area contributed by atoms with Crippen LogP contribution in [-0.4, -0.2) is 36.8 Å². The van der Waals surface area contributed by atoms with Gasteiger partial charge in [-0.3, -0.25) is 14.2 Å². The first-order valence-corrected chi connectivity index (χ1v) is 10.2. The minimum atomic E-state index is -0.330. The Kier molecular flexibility index (Phi) is 7.91. The quantitative estimate of drug-likeness (QED) is 0.503. The van der Waals surface area contributed by atoms with E-state index in [0.717, 1.165) is 5.56 Å². The highest BCUT2D eigenvalue weighted by Gasteiger charge is 2.13. The van der Waals surface area contributed by atoms with E-state index >= 15 is 0 Å². The molecule has 0 spiro atoms. The molecule has 0 fully saturated rings. The molecule has 1 amide bonds.